The predicted octanol–water partition coefficient (Wildman–Crippen LogP) is 1.70. The lowest BCUT2D eigenvalue weighted by molar-refractivity contribution is 0.135. The van der Waals surface area contributed by atoms with Crippen molar-refractivity contribution in [2.75, 3.05) is 13.2 Å². The van der Waals surface area contributed by atoms with E-state index in [1.807, 2.05) is 31.2 Å². The SMILES string of the molecule is CC(C)NC(C)(CO)CCOc1ccccc1CO. The molecule has 0 bridgehead atoms. The molecule has 1 unspecified atom stereocenters. The van der Waals surface area contributed by atoms with Crippen molar-refractivity contribution in [3.63, 3.8) is 0 Å². The van der Waals surface area contributed by atoms with Gasteiger partial charge in [0.25, 0.3) is 0 Å². The fourth-order valence-electron chi connectivity index (χ4n) is 2.06. The minimum Gasteiger partial charge on any atom is -0.493 e. The number of rotatable bonds is 8. The summed E-state index contributed by atoms with van der Waals surface area (Å²) in [5.74, 6) is 0.704. The molecule has 1 aromatic rings. The van der Waals surface area contributed by atoms with Crippen LogP contribution in [0.15, 0.2) is 24.3 Å². The highest BCUT2D eigenvalue weighted by Crippen LogP contribution is 2.19. The average Bonchev–Trinajstić information content (AvgIpc) is 2.38. The first-order valence-electron chi connectivity index (χ1n) is 6.71. The number of hydrogen-bond acceptors (Lipinski definition) is 4. The second-order valence-electron chi connectivity index (χ2n) is 5.38. The van der Waals surface area contributed by atoms with Crippen LogP contribution >= 0.6 is 0 Å². The topological polar surface area (TPSA) is 61.7 Å². The molecule has 0 aliphatic heterocycles. The number of aliphatic hydroxyl groups is 2. The molecule has 108 valence electrons. The quantitative estimate of drug-likeness (QED) is 0.671. The summed E-state index contributed by atoms with van der Waals surface area (Å²) >= 11 is 0. The van der Waals surface area contributed by atoms with E-state index in [0.29, 0.717) is 24.8 Å². The molecular formula is C15H25NO3. The van der Waals surface area contributed by atoms with Crippen molar-refractivity contribution in [1.82, 2.24) is 5.32 Å². The van der Waals surface area contributed by atoms with Crippen LogP contribution in [0.1, 0.15) is 32.8 Å². The van der Waals surface area contributed by atoms with E-state index >= 15 is 0 Å². The largest absolute Gasteiger partial charge is 0.493 e. The molecule has 1 atom stereocenters. The molecule has 0 aromatic heterocycles. The van der Waals surface area contributed by atoms with Crippen LogP contribution in [0.3, 0.4) is 0 Å². The van der Waals surface area contributed by atoms with Crippen molar-refractivity contribution in [1.29, 1.82) is 0 Å². The molecule has 4 nitrogen and oxygen atoms in total. The standard InChI is InChI=1S/C15H25NO3/c1-12(2)16-15(3,11-18)8-9-19-14-7-5-4-6-13(14)10-17/h4-7,12,16-18H,8-11H2,1-3H3. The molecule has 1 rings (SSSR count). The summed E-state index contributed by atoms with van der Waals surface area (Å²) in [6.07, 6.45) is 0.696. The van der Waals surface area contributed by atoms with Gasteiger partial charge >= 0.3 is 0 Å². The molecular weight excluding hydrogens is 242 g/mol. The zero-order valence-electron chi connectivity index (χ0n) is 12.0. The Morgan fingerprint density at radius 1 is 1.26 bits per heavy atom. The van der Waals surface area contributed by atoms with Crippen LogP contribution in [0.2, 0.25) is 0 Å². The van der Waals surface area contributed by atoms with Gasteiger partial charge in [-0.2, -0.15) is 0 Å². The lowest BCUT2D eigenvalue weighted by Gasteiger charge is -2.31. The molecule has 0 heterocycles. The van der Waals surface area contributed by atoms with Crippen molar-refractivity contribution in [2.45, 2.75) is 45.4 Å². The Morgan fingerprint density at radius 3 is 2.53 bits per heavy atom. The van der Waals surface area contributed by atoms with Crippen LogP contribution in [0.4, 0.5) is 0 Å². The molecule has 0 saturated carbocycles. The molecule has 1 aromatic carbocycles. The van der Waals surface area contributed by atoms with Gasteiger partial charge in [-0.15, -0.1) is 0 Å². The van der Waals surface area contributed by atoms with E-state index in [-0.39, 0.29) is 18.8 Å². The Kier molecular flexibility index (Phi) is 6.28. The molecule has 0 saturated heterocycles. The average molecular weight is 267 g/mol. The third kappa shape index (κ3) is 5.19. The Bertz CT molecular complexity index is 381. The monoisotopic (exact) mass is 267 g/mol. The minimum atomic E-state index is -0.345. The van der Waals surface area contributed by atoms with Crippen molar-refractivity contribution < 1.29 is 14.9 Å². The Morgan fingerprint density at radius 2 is 1.95 bits per heavy atom. The zero-order chi connectivity index (χ0) is 14.3. The summed E-state index contributed by atoms with van der Waals surface area (Å²) in [7, 11) is 0. The summed E-state index contributed by atoms with van der Waals surface area (Å²) < 4.78 is 5.70. The van der Waals surface area contributed by atoms with E-state index in [0.717, 1.165) is 5.56 Å². The van der Waals surface area contributed by atoms with E-state index < -0.39 is 0 Å². The molecule has 0 aliphatic rings. The number of ether oxygens (including phenoxy) is 1. The molecule has 19 heavy (non-hydrogen) atoms. The number of para-hydroxylation sites is 1. The van der Waals surface area contributed by atoms with Crippen LogP contribution in [-0.2, 0) is 6.61 Å². The first-order chi connectivity index (χ1) is 9.00. The molecule has 3 N–H and O–H groups in total. The van der Waals surface area contributed by atoms with Crippen LogP contribution in [0, 0.1) is 0 Å². The summed E-state index contributed by atoms with van der Waals surface area (Å²) in [6, 6.07) is 7.75. The van der Waals surface area contributed by atoms with E-state index in [2.05, 4.69) is 19.2 Å². The number of aliphatic hydroxyl groups excluding tert-OH is 2. The smallest absolute Gasteiger partial charge is 0.124 e. The van der Waals surface area contributed by atoms with Gasteiger partial charge in [0.1, 0.15) is 5.75 Å². The third-order valence-electron chi connectivity index (χ3n) is 3.04. The van der Waals surface area contributed by atoms with E-state index in [1.54, 1.807) is 0 Å². The maximum absolute atomic E-state index is 9.47. The van der Waals surface area contributed by atoms with Gasteiger partial charge in [-0.05, 0) is 13.0 Å². The Balaban J connectivity index is 2.52. The van der Waals surface area contributed by atoms with Crippen molar-refractivity contribution in [2.24, 2.45) is 0 Å². The van der Waals surface area contributed by atoms with Crippen LogP contribution in [0.5, 0.6) is 5.75 Å². The molecule has 4 heteroatoms. The molecule has 0 fully saturated rings. The Labute approximate surface area is 115 Å². The second-order valence-corrected chi connectivity index (χ2v) is 5.38. The zero-order valence-corrected chi connectivity index (χ0v) is 12.0. The van der Waals surface area contributed by atoms with E-state index in [9.17, 15) is 10.2 Å². The summed E-state index contributed by atoms with van der Waals surface area (Å²) in [4.78, 5) is 0. The lowest BCUT2D eigenvalue weighted by Crippen LogP contribution is -2.50. The second kappa shape index (κ2) is 7.48. The Hall–Kier alpha value is -1.10. The van der Waals surface area contributed by atoms with Gasteiger partial charge in [0.05, 0.1) is 19.8 Å². The first-order valence-corrected chi connectivity index (χ1v) is 6.71. The van der Waals surface area contributed by atoms with Crippen molar-refractivity contribution in [3.8, 4) is 5.75 Å². The highest BCUT2D eigenvalue weighted by atomic mass is 16.5. The normalized spacial score (nSPS) is 14.4. The third-order valence-corrected chi connectivity index (χ3v) is 3.04. The number of nitrogens with one attached hydrogen (secondary N) is 1. The minimum absolute atomic E-state index is 0.0301. The maximum Gasteiger partial charge on any atom is 0.124 e. The molecule has 0 amide bonds. The van der Waals surface area contributed by atoms with E-state index in [1.165, 1.54) is 0 Å². The predicted molar refractivity (Wildman–Crippen MR) is 76.2 cm³/mol. The number of benzene rings is 1. The van der Waals surface area contributed by atoms with Crippen molar-refractivity contribution >= 4 is 0 Å². The van der Waals surface area contributed by atoms with Crippen LogP contribution < -0.4 is 10.1 Å². The van der Waals surface area contributed by atoms with Gasteiger partial charge in [-0.1, -0.05) is 32.0 Å². The maximum atomic E-state index is 9.47. The fraction of sp³-hybridized carbons (Fsp3) is 0.600. The van der Waals surface area contributed by atoms with Gasteiger partial charge in [0.15, 0.2) is 0 Å². The lowest BCUT2D eigenvalue weighted by atomic mass is 9.98. The molecule has 0 radical (unpaired) electrons. The van der Waals surface area contributed by atoms with Crippen LogP contribution in [-0.4, -0.2) is 35.0 Å². The molecule has 0 spiro atoms. The number of hydrogen-bond donors (Lipinski definition) is 3. The van der Waals surface area contributed by atoms with Gasteiger partial charge in [0.2, 0.25) is 0 Å². The summed E-state index contributed by atoms with van der Waals surface area (Å²) in [6.45, 7) is 6.61. The van der Waals surface area contributed by atoms with Gasteiger partial charge in [-0.3, -0.25) is 0 Å². The van der Waals surface area contributed by atoms with E-state index in [4.69, 9.17) is 4.74 Å². The highest BCUT2D eigenvalue weighted by molar-refractivity contribution is 5.32. The van der Waals surface area contributed by atoms with Gasteiger partial charge < -0.3 is 20.3 Å². The molecule has 0 aliphatic carbocycles. The summed E-state index contributed by atoms with van der Waals surface area (Å²) in [5.41, 5.74) is 0.438. The van der Waals surface area contributed by atoms with Crippen LogP contribution in [0.25, 0.3) is 0 Å². The van der Waals surface area contributed by atoms with Gasteiger partial charge in [0, 0.05) is 23.6 Å². The fourth-order valence-corrected chi connectivity index (χ4v) is 2.06. The summed E-state index contributed by atoms with van der Waals surface area (Å²) in [5, 5.41) is 22.0. The van der Waals surface area contributed by atoms with Gasteiger partial charge in [-0.25, -0.2) is 0 Å². The first kappa shape index (κ1) is 16.0. The highest BCUT2D eigenvalue weighted by Gasteiger charge is 2.23. The van der Waals surface area contributed by atoms with Crippen molar-refractivity contribution in [3.05, 3.63) is 29.8 Å².